The molecule has 2 saturated heterocycles. The van der Waals surface area contributed by atoms with E-state index in [1.807, 2.05) is 0 Å². The van der Waals surface area contributed by atoms with Crippen molar-refractivity contribution in [3.63, 3.8) is 0 Å². The number of hydrogen-bond acceptors (Lipinski definition) is 4. The Morgan fingerprint density at radius 1 is 1.23 bits per heavy atom. The minimum atomic E-state index is -2.93. The molecule has 0 atom stereocenters. The van der Waals surface area contributed by atoms with Crippen molar-refractivity contribution in [3.05, 3.63) is 28.7 Å². The molecule has 0 aliphatic carbocycles. The Labute approximate surface area is 125 Å². The fraction of sp³-hybridized carbons (Fsp3) is 0.571. The van der Waals surface area contributed by atoms with E-state index in [9.17, 15) is 18.4 Å². The monoisotopic (exact) mass is 313 g/mol. The summed E-state index contributed by atoms with van der Waals surface area (Å²) in [4.78, 5) is 25.0. The summed E-state index contributed by atoms with van der Waals surface area (Å²) in [6, 6.07) is 2.46. The van der Waals surface area contributed by atoms with Crippen LogP contribution in [-0.4, -0.2) is 42.3 Å². The van der Waals surface area contributed by atoms with Crippen molar-refractivity contribution in [2.24, 2.45) is 0 Å². The molecule has 0 bridgehead atoms. The molecule has 3 rings (SSSR count). The summed E-state index contributed by atoms with van der Waals surface area (Å²) in [5.74, 6) is -0.288. The quantitative estimate of drug-likeness (QED) is 0.874. The van der Waals surface area contributed by atoms with E-state index in [0.717, 1.165) is 38.2 Å². The first-order valence-electron chi connectivity index (χ1n) is 7.16. The molecule has 2 aliphatic heterocycles. The van der Waals surface area contributed by atoms with Gasteiger partial charge in [0.2, 0.25) is 0 Å². The zero-order chi connectivity index (χ0) is 15.7. The highest BCUT2D eigenvalue weighted by atomic mass is 19.3. The third-order valence-corrected chi connectivity index (χ3v) is 4.21. The van der Waals surface area contributed by atoms with Gasteiger partial charge in [0.15, 0.2) is 0 Å². The van der Waals surface area contributed by atoms with Gasteiger partial charge in [0.05, 0.1) is 17.8 Å². The first kappa shape index (κ1) is 15.1. The Morgan fingerprint density at radius 3 is 2.64 bits per heavy atom. The number of alkyl halides is 2. The van der Waals surface area contributed by atoms with E-state index < -0.39 is 17.7 Å². The average molecular weight is 313 g/mol. The van der Waals surface area contributed by atoms with Gasteiger partial charge in [-0.05, 0) is 32.0 Å². The van der Waals surface area contributed by atoms with Crippen LogP contribution in [0.15, 0.2) is 23.1 Å². The molecule has 6 nitrogen and oxygen atoms in total. The van der Waals surface area contributed by atoms with Gasteiger partial charge in [-0.25, -0.2) is 0 Å². The van der Waals surface area contributed by atoms with Gasteiger partial charge in [0, 0.05) is 12.3 Å². The van der Waals surface area contributed by atoms with E-state index in [2.05, 4.69) is 5.32 Å². The highest BCUT2D eigenvalue weighted by Crippen LogP contribution is 2.30. The molecule has 2 aliphatic rings. The number of rotatable bonds is 2. The van der Waals surface area contributed by atoms with E-state index in [-0.39, 0.29) is 12.5 Å². The normalized spacial score (nSPS) is 21.6. The van der Waals surface area contributed by atoms with E-state index in [1.165, 1.54) is 11.0 Å². The van der Waals surface area contributed by atoms with Gasteiger partial charge in [-0.2, -0.15) is 8.78 Å². The molecule has 8 heteroatoms. The van der Waals surface area contributed by atoms with Gasteiger partial charge >= 0.3 is 6.55 Å². The van der Waals surface area contributed by atoms with E-state index >= 15 is 0 Å². The van der Waals surface area contributed by atoms with Crippen molar-refractivity contribution in [2.45, 2.75) is 25.0 Å². The lowest BCUT2D eigenvalue weighted by Crippen LogP contribution is -2.58. The van der Waals surface area contributed by atoms with Crippen LogP contribution in [0.2, 0.25) is 0 Å². The van der Waals surface area contributed by atoms with Crippen molar-refractivity contribution < 1.29 is 18.3 Å². The van der Waals surface area contributed by atoms with Gasteiger partial charge in [-0.3, -0.25) is 14.2 Å². The molecule has 0 saturated carbocycles. The van der Waals surface area contributed by atoms with Crippen LogP contribution in [0.1, 0.15) is 19.4 Å². The molecule has 0 aromatic carbocycles. The lowest BCUT2D eigenvalue weighted by atomic mass is 9.90. The van der Waals surface area contributed by atoms with Crippen LogP contribution in [0.25, 0.3) is 0 Å². The molecule has 1 aromatic rings. The topological polar surface area (TPSA) is 63.6 Å². The summed E-state index contributed by atoms with van der Waals surface area (Å²) in [5, 5.41) is 3.23. The Hall–Kier alpha value is -1.80. The zero-order valence-electron chi connectivity index (χ0n) is 11.9. The minimum absolute atomic E-state index is 0.0756. The number of aromatic nitrogens is 1. The van der Waals surface area contributed by atoms with E-state index in [0.29, 0.717) is 16.8 Å². The number of anilines is 1. The number of morpholine rings is 1. The van der Waals surface area contributed by atoms with Crippen LogP contribution < -0.4 is 15.8 Å². The van der Waals surface area contributed by atoms with E-state index in [1.54, 1.807) is 0 Å². The number of pyridine rings is 1. The van der Waals surface area contributed by atoms with Crippen molar-refractivity contribution in [2.75, 3.05) is 31.1 Å². The first-order valence-corrected chi connectivity index (χ1v) is 7.16. The Balaban J connectivity index is 1.90. The van der Waals surface area contributed by atoms with Crippen molar-refractivity contribution in [1.29, 1.82) is 0 Å². The molecule has 3 heterocycles. The van der Waals surface area contributed by atoms with Crippen LogP contribution in [0, 0.1) is 0 Å². The summed E-state index contributed by atoms with van der Waals surface area (Å²) in [6.07, 6.45) is 2.54. The maximum atomic E-state index is 12.8. The summed E-state index contributed by atoms with van der Waals surface area (Å²) in [5.41, 5.74) is -0.938. The van der Waals surface area contributed by atoms with Crippen LogP contribution in [0.5, 0.6) is 0 Å². The van der Waals surface area contributed by atoms with Gasteiger partial charge in [-0.15, -0.1) is 0 Å². The molecule has 120 valence electrons. The van der Waals surface area contributed by atoms with Gasteiger partial charge in [0.1, 0.15) is 6.61 Å². The molecule has 1 amide bonds. The number of halogens is 2. The average Bonchev–Trinajstić information content (AvgIpc) is 2.51. The summed E-state index contributed by atoms with van der Waals surface area (Å²) >= 11 is 0. The maximum Gasteiger partial charge on any atom is 0.321 e. The van der Waals surface area contributed by atoms with Crippen LogP contribution >= 0.6 is 0 Å². The van der Waals surface area contributed by atoms with Crippen molar-refractivity contribution >= 4 is 11.6 Å². The van der Waals surface area contributed by atoms with Gasteiger partial charge in [-0.1, -0.05) is 0 Å². The summed E-state index contributed by atoms with van der Waals surface area (Å²) in [6.45, 7) is -1.11. The second-order valence-electron chi connectivity index (χ2n) is 5.61. The number of piperidine rings is 1. The second-order valence-corrected chi connectivity index (χ2v) is 5.61. The smallest absolute Gasteiger partial charge is 0.321 e. The first-order chi connectivity index (χ1) is 10.5. The fourth-order valence-corrected chi connectivity index (χ4v) is 2.94. The SMILES string of the molecule is O=C1COC2(CCNCC2)CN1c1ccc(=O)n(C(F)F)c1. The Kier molecular flexibility index (Phi) is 3.96. The number of ether oxygens (including phenoxy) is 1. The largest absolute Gasteiger partial charge is 0.363 e. The van der Waals surface area contributed by atoms with Crippen molar-refractivity contribution in [3.8, 4) is 0 Å². The number of hydrogen-bond donors (Lipinski definition) is 1. The van der Waals surface area contributed by atoms with Crippen LogP contribution in [-0.2, 0) is 9.53 Å². The predicted molar refractivity (Wildman–Crippen MR) is 75.1 cm³/mol. The Bertz CT molecular complexity index is 626. The van der Waals surface area contributed by atoms with E-state index in [4.69, 9.17) is 4.74 Å². The third-order valence-electron chi connectivity index (χ3n) is 4.21. The summed E-state index contributed by atoms with van der Waals surface area (Å²) in [7, 11) is 0. The molecule has 0 radical (unpaired) electrons. The number of amides is 1. The highest BCUT2D eigenvalue weighted by Gasteiger charge is 2.41. The number of carbonyl (C=O) groups is 1. The standard InChI is InChI=1S/C14H17F2N3O3/c15-13(16)18-7-10(1-2-11(18)20)19-9-14(22-8-12(19)21)3-5-17-6-4-14/h1-2,7,13,17H,3-6,8-9H2. The number of nitrogens with one attached hydrogen (secondary N) is 1. The molecule has 1 spiro atoms. The summed E-state index contributed by atoms with van der Waals surface area (Å²) < 4.78 is 31.7. The number of carbonyl (C=O) groups excluding carboxylic acids is 1. The Morgan fingerprint density at radius 2 is 1.95 bits per heavy atom. The molecule has 2 fully saturated rings. The minimum Gasteiger partial charge on any atom is -0.363 e. The number of nitrogens with zero attached hydrogens (tertiary/aromatic N) is 2. The van der Waals surface area contributed by atoms with Crippen LogP contribution in [0.4, 0.5) is 14.5 Å². The van der Waals surface area contributed by atoms with Gasteiger partial charge in [0.25, 0.3) is 11.5 Å². The molecular formula is C14H17F2N3O3. The molecule has 1 N–H and O–H groups in total. The van der Waals surface area contributed by atoms with Crippen LogP contribution in [0.3, 0.4) is 0 Å². The zero-order valence-corrected chi connectivity index (χ0v) is 11.9. The molecule has 22 heavy (non-hydrogen) atoms. The molecule has 0 unspecified atom stereocenters. The van der Waals surface area contributed by atoms with Gasteiger partial charge < -0.3 is 15.0 Å². The second kappa shape index (κ2) is 5.77. The molecule has 1 aromatic heterocycles. The predicted octanol–water partition coefficient (Wildman–Crippen LogP) is 0.729. The lowest BCUT2D eigenvalue weighted by molar-refractivity contribution is -0.141. The van der Waals surface area contributed by atoms with Crippen molar-refractivity contribution in [1.82, 2.24) is 9.88 Å². The fourth-order valence-electron chi connectivity index (χ4n) is 2.94. The highest BCUT2D eigenvalue weighted by molar-refractivity contribution is 5.95. The lowest BCUT2D eigenvalue weighted by Gasteiger charge is -2.44. The third kappa shape index (κ3) is 2.76. The molecular weight excluding hydrogens is 296 g/mol. The maximum absolute atomic E-state index is 12.8.